The lowest BCUT2D eigenvalue weighted by Gasteiger charge is -2.00. The summed E-state index contributed by atoms with van der Waals surface area (Å²) in [5.74, 6) is -1.31. The highest BCUT2D eigenvalue weighted by Gasteiger charge is 2.17. The number of hydrogen-bond acceptors (Lipinski definition) is 3. The average molecular weight is 245 g/mol. The number of H-pyrrole nitrogens is 1. The van der Waals surface area contributed by atoms with E-state index in [-0.39, 0.29) is 22.6 Å². The molecule has 0 radical (unpaired) electrons. The molecule has 0 saturated carbocycles. The van der Waals surface area contributed by atoms with Crippen molar-refractivity contribution in [1.29, 1.82) is 0 Å². The molecular weight excluding hydrogens is 234 g/mol. The fraction of sp³-hybridized carbons (Fsp3) is 0.154. The van der Waals surface area contributed by atoms with Gasteiger partial charge in [0.1, 0.15) is 0 Å². The smallest absolute Gasteiger partial charge is 0.335 e. The average Bonchev–Trinajstić information content (AvgIpc) is 2.67. The molecule has 0 aliphatic carbocycles. The number of hydrogen-bond donors (Lipinski definition) is 2. The van der Waals surface area contributed by atoms with E-state index >= 15 is 0 Å². The van der Waals surface area contributed by atoms with Crippen molar-refractivity contribution in [3.05, 3.63) is 34.5 Å². The van der Waals surface area contributed by atoms with Gasteiger partial charge in [0.15, 0.2) is 12.1 Å². The van der Waals surface area contributed by atoms with Crippen LogP contribution < -0.4 is 0 Å². The van der Waals surface area contributed by atoms with E-state index in [2.05, 4.69) is 4.98 Å². The third-order valence-electron chi connectivity index (χ3n) is 2.85. The number of carboxylic acid groups (broad SMARTS) is 1. The number of aromatic amines is 1. The maximum atomic E-state index is 11.4. The zero-order chi connectivity index (χ0) is 13.4. The normalized spacial score (nSPS) is 10.6. The molecule has 1 aromatic heterocycles. The maximum absolute atomic E-state index is 11.4. The van der Waals surface area contributed by atoms with E-state index in [4.69, 9.17) is 5.11 Å². The standard InChI is InChI=1S/C13H11NO4/c1-6-3-8(13(17)18)4-10-11(6)9(5-15)12(14-10)7(2)16/h3-5,14H,1-2H3,(H,17,18). The third kappa shape index (κ3) is 1.69. The summed E-state index contributed by atoms with van der Waals surface area (Å²) in [6, 6.07) is 2.90. The molecule has 92 valence electrons. The molecule has 2 aromatic rings. The predicted molar refractivity (Wildman–Crippen MR) is 65.4 cm³/mol. The van der Waals surface area contributed by atoms with Crippen LogP contribution in [0.2, 0.25) is 0 Å². The molecule has 0 atom stereocenters. The van der Waals surface area contributed by atoms with Gasteiger partial charge in [0.05, 0.1) is 16.8 Å². The number of benzene rings is 1. The zero-order valence-electron chi connectivity index (χ0n) is 9.90. The Bertz CT molecular complexity index is 682. The molecular formula is C13H11NO4. The van der Waals surface area contributed by atoms with Gasteiger partial charge in [0.2, 0.25) is 0 Å². The van der Waals surface area contributed by atoms with Crippen LogP contribution in [0.15, 0.2) is 12.1 Å². The van der Waals surface area contributed by atoms with Gasteiger partial charge in [-0.2, -0.15) is 0 Å². The van der Waals surface area contributed by atoms with Crippen LogP contribution in [0, 0.1) is 6.92 Å². The summed E-state index contributed by atoms with van der Waals surface area (Å²) in [4.78, 5) is 36.3. The van der Waals surface area contributed by atoms with Crippen molar-refractivity contribution in [1.82, 2.24) is 4.98 Å². The summed E-state index contributed by atoms with van der Waals surface area (Å²) in [7, 11) is 0. The Kier molecular flexibility index (Phi) is 2.74. The van der Waals surface area contributed by atoms with E-state index < -0.39 is 5.97 Å². The monoisotopic (exact) mass is 245 g/mol. The number of rotatable bonds is 3. The minimum Gasteiger partial charge on any atom is -0.478 e. The van der Waals surface area contributed by atoms with Crippen molar-refractivity contribution in [3.63, 3.8) is 0 Å². The van der Waals surface area contributed by atoms with Gasteiger partial charge in [-0.25, -0.2) is 4.79 Å². The van der Waals surface area contributed by atoms with Crippen molar-refractivity contribution in [2.24, 2.45) is 0 Å². The van der Waals surface area contributed by atoms with Gasteiger partial charge in [-0.15, -0.1) is 0 Å². The number of carboxylic acids is 1. The van der Waals surface area contributed by atoms with Crippen LogP contribution in [-0.2, 0) is 0 Å². The molecule has 5 heteroatoms. The lowest BCUT2D eigenvalue weighted by Crippen LogP contribution is -1.97. The number of fused-ring (bicyclic) bond motifs is 1. The first kappa shape index (κ1) is 12.0. The van der Waals surface area contributed by atoms with Crippen LogP contribution in [0.25, 0.3) is 10.9 Å². The molecule has 0 aliphatic heterocycles. The number of aryl methyl sites for hydroxylation is 1. The van der Waals surface area contributed by atoms with Gasteiger partial charge in [-0.3, -0.25) is 9.59 Å². The molecule has 0 unspecified atom stereocenters. The first-order chi connectivity index (χ1) is 8.45. The molecule has 0 bridgehead atoms. The SMILES string of the molecule is CC(=O)c1[nH]c2cc(C(=O)O)cc(C)c2c1C=O. The van der Waals surface area contributed by atoms with E-state index in [1.807, 2.05) is 0 Å². The second kappa shape index (κ2) is 4.10. The topological polar surface area (TPSA) is 87.2 Å². The first-order valence-electron chi connectivity index (χ1n) is 5.31. The highest BCUT2D eigenvalue weighted by Crippen LogP contribution is 2.26. The van der Waals surface area contributed by atoms with Crippen LogP contribution >= 0.6 is 0 Å². The van der Waals surface area contributed by atoms with Crippen molar-refractivity contribution < 1.29 is 19.5 Å². The Balaban J connectivity index is 2.88. The van der Waals surface area contributed by atoms with Gasteiger partial charge in [0, 0.05) is 17.8 Å². The zero-order valence-corrected chi connectivity index (χ0v) is 9.90. The Morgan fingerprint density at radius 2 is 2.00 bits per heavy atom. The van der Waals surface area contributed by atoms with Gasteiger partial charge >= 0.3 is 5.97 Å². The van der Waals surface area contributed by atoms with E-state index in [0.717, 1.165) is 0 Å². The largest absolute Gasteiger partial charge is 0.478 e. The van der Waals surface area contributed by atoms with Gasteiger partial charge < -0.3 is 10.1 Å². The fourth-order valence-electron chi connectivity index (χ4n) is 2.09. The highest BCUT2D eigenvalue weighted by molar-refractivity contribution is 6.11. The van der Waals surface area contributed by atoms with Crippen molar-refractivity contribution in [2.75, 3.05) is 0 Å². The highest BCUT2D eigenvalue weighted by atomic mass is 16.4. The number of ketones is 1. The molecule has 5 nitrogen and oxygen atoms in total. The van der Waals surface area contributed by atoms with Crippen LogP contribution in [0.1, 0.15) is 43.7 Å². The summed E-state index contributed by atoms with van der Waals surface area (Å²) >= 11 is 0. The Morgan fingerprint density at radius 3 is 2.50 bits per heavy atom. The predicted octanol–water partition coefficient (Wildman–Crippen LogP) is 2.19. The Morgan fingerprint density at radius 1 is 1.33 bits per heavy atom. The second-order valence-electron chi connectivity index (χ2n) is 4.11. The lowest BCUT2D eigenvalue weighted by atomic mass is 10.0. The fourth-order valence-corrected chi connectivity index (χ4v) is 2.09. The third-order valence-corrected chi connectivity index (χ3v) is 2.85. The summed E-state index contributed by atoms with van der Waals surface area (Å²) in [6.07, 6.45) is 0.614. The summed E-state index contributed by atoms with van der Waals surface area (Å²) < 4.78 is 0. The second-order valence-corrected chi connectivity index (χ2v) is 4.11. The Hall–Kier alpha value is -2.43. The van der Waals surface area contributed by atoms with Crippen LogP contribution in [0.3, 0.4) is 0 Å². The lowest BCUT2D eigenvalue weighted by molar-refractivity contribution is 0.0696. The van der Waals surface area contributed by atoms with E-state index in [1.54, 1.807) is 6.92 Å². The van der Waals surface area contributed by atoms with E-state index in [1.165, 1.54) is 19.1 Å². The van der Waals surface area contributed by atoms with E-state index in [0.29, 0.717) is 22.8 Å². The number of aromatic nitrogens is 1. The molecule has 1 aromatic carbocycles. The molecule has 0 spiro atoms. The van der Waals surface area contributed by atoms with Crippen LogP contribution in [0.4, 0.5) is 0 Å². The van der Waals surface area contributed by atoms with E-state index in [9.17, 15) is 14.4 Å². The first-order valence-corrected chi connectivity index (χ1v) is 5.31. The number of carbonyl (C=O) groups excluding carboxylic acids is 2. The van der Waals surface area contributed by atoms with Crippen molar-refractivity contribution in [2.45, 2.75) is 13.8 Å². The van der Waals surface area contributed by atoms with Crippen LogP contribution in [-0.4, -0.2) is 28.1 Å². The number of aromatic carboxylic acids is 1. The van der Waals surface area contributed by atoms with Crippen molar-refractivity contribution in [3.8, 4) is 0 Å². The molecule has 0 saturated heterocycles. The molecule has 2 N–H and O–H groups in total. The molecule has 0 amide bonds. The minimum absolute atomic E-state index is 0.119. The quantitative estimate of drug-likeness (QED) is 0.641. The summed E-state index contributed by atoms with van der Waals surface area (Å²) in [5, 5.41) is 9.56. The molecule has 0 fully saturated rings. The molecule has 18 heavy (non-hydrogen) atoms. The van der Waals surface area contributed by atoms with Gasteiger partial charge in [0.25, 0.3) is 0 Å². The van der Waals surface area contributed by atoms with Crippen LogP contribution in [0.5, 0.6) is 0 Å². The summed E-state index contributed by atoms with van der Waals surface area (Å²) in [6.45, 7) is 3.06. The summed E-state index contributed by atoms with van der Waals surface area (Å²) in [5.41, 5.74) is 1.75. The van der Waals surface area contributed by atoms with Crippen molar-refractivity contribution >= 4 is 28.9 Å². The molecule has 0 aliphatic rings. The van der Waals surface area contributed by atoms with Gasteiger partial charge in [-0.1, -0.05) is 0 Å². The Labute approximate surface area is 102 Å². The number of nitrogens with one attached hydrogen (secondary N) is 1. The molecule has 2 rings (SSSR count). The number of aldehydes is 1. The number of Topliss-reactive ketones (excluding diaryl/α,β-unsaturated/α-hetero) is 1. The number of carbonyl (C=O) groups is 3. The molecule has 1 heterocycles. The van der Waals surface area contributed by atoms with Gasteiger partial charge in [-0.05, 0) is 24.6 Å². The maximum Gasteiger partial charge on any atom is 0.335 e. The minimum atomic E-state index is -1.05.